The van der Waals surface area contributed by atoms with Crippen LogP contribution in [-0.2, 0) is 14.3 Å². The number of rotatable bonds is 2. The second-order valence-electron chi connectivity index (χ2n) is 9.25. The van der Waals surface area contributed by atoms with Crippen molar-refractivity contribution in [1.29, 1.82) is 0 Å². The van der Waals surface area contributed by atoms with E-state index in [2.05, 4.69) is 39.8 Å². The molecule has 1 heterocycles. The Bertz CT molecular complexity index is 550. The lowest BCUT2D eigenvalue weighted by atomic mass is 9.74. The number of ketones is 1. The van der Waals surface area contributed by atoms with Gasteiger partial charge < -0.3 is 4.74 Å². The molecule has 0 spiro atoms. The van der Waals surface area contributed by atoms with Crippen LogP contribution in [0.25, 0.3) is 0 Å². The molecule has 2 atom stereocenters. The van der Waals surface area contributed by atoms with E-state index in [4.69, 9.17) is 4.74 Å². The van der Waals surface area contributed by atoms with Crippen LogP contribution < -0.4 is 0 Å². The molecule has 1 aliphatic heterocycles. The normalized spacial score (nSPS) is 26.1. The van der Waals surface area contributed by atoms with E-state index in [1.54, 1.807) is 0 Å². The molecule has 0 N–H and O–H groups in total. The molecule has 0 saturated heterocycles. The van der Waals surface area contributed by atoms with Gasteiger partial charge in [-0.3, -0.25) is 9.59 Å². The van der Waals surface area contributed by atoms with Gasteiger partial charge in [0.2, 0.25) is 0 Å². The third-order valence-electron chi connectivity index (χ3n) is 5.63. The Hall–Kier alpha value is -1.38. The van der Waals surface area contributed by atoms with E-state index in [-0.39, 0.29) is 11.9 Å². The molecular weight excluding hydrogens is 336 g/mol. The van der Waals surface area contributed by atoms with Gasteiger partial charge in [-0.05, 0) is 65.2 Å². The Labute approximate surface area is 166 Å². The van der Waals surface area contributed by atoms with Crippen molar-refractivity contribution >= 4 is 11.8 Å². The molecule has 2 unspecified atom stereocenters. The van der Waals surface area contributed by atoms with Gasteiger partial charge in [-0.1, -0.05) is 50.5 Å². The number of hydrogen-bond acceptors (Lipinski definition) is 3. The Morgan fingerprint density at radius 1 is 1.26 bits per heavy atom. The molecule has 0 aromatic rings. The number of ether oxygens (including phenoxy) is 1. The maximum atomic E-state index is 13.3. The van der Waals surface area contributed by atoms with Gasteiger partial charge in [0.05, 0.1) is 6.61 Å². The molecule has 0 amide bonds. The summed E-state index contributed by atoms with van der Waals surface area (Å²) in [4.78, 5) is 25.3. The first-order valence-electron chi connectivity index (χ1n) is 10.6. The van der Waals surface area contributed by atoms with Crippen molar-refractivity contribution in [2.75, 3.05) is 6.61 Å². The zero-order chi connectivity index (χ0) is 20.4. The quantitative estimate of drug-likeness (QED) is 0.412. The molecule has 0 aliphatic carbocycles. The maximum Gasteiger partial charge on any atom is 0.305 e. The summed E-state index contributed by atoms with van der Waals surface area (Å²) in [5.74, 6) is 0.669. The summed E-state index contributed by atoms with van der Waals surface area (Å²) in [7, 11) is 0. The first kappa shape index (κ1) is 23.7. The molecule has 0 bridgehead atoms. The molecule has 0 aromatic heterocycles. The molecule has 3 heteroatoms. The highest BCUT2D eigenvalue weighted by Gasteiger charge is 2.34. The van der Waals surface area contributed by atoms with Crippen LogP contribution in [0.5, 0.6) is 0 Å². The molecule has 0 aromatic carbocycles. The Morgan fingerprint density at radius 2 is 1.96 bits per heavy atom. The van der Waals surface area contributed by atoms with E-state index in [1.807, 2.05) is 13.8 Å². The van der Waals surface area contributed by atoms with Gasteiger partial charge in [0.15, 0.2) is 0 Å². The van der Waals surface area contributed by atoms with Crippen LogP contribution in [0.1, 0.15) is 92.9 Å². The zero-order valence-corrected chi connectivity index (χ0v) is 18.4. The largest absolute Gasteiger partial charge is 0.465 e. The lowest BCUT2D eigenvalue weighted by Crippen LogP contribution is -2.32. The number of allylic oxidation sites excluding steroid dienone is 3. The van der Waals surface area contributed by atoms with Crippen molar-refractivity contribution in [3.05, 3.63) is 23.3 Å². The number of carbonyl (C=O) groups is 2. The van der Waals surface area contributed by atoms with E-state index in [0.29, 0.717) is 31.1 Å². The van der Waals surface area contributed by atoms with E-state index in [1.165, 1.54) is 11.1 Å². The lowest BCUT2D eigenvalue weighted by molar-refractivity contribution is -0.144. The van der Waals surface area contributed by atoms with Crippen molar-refractivity contribution in [1.82, 2.24) is 0 Å². The molecule has 27 heavy (non-hydrogen) atoms. The number of carbonyl (C=O) groups excluding carboxylic acids is 2. The number of Topliss-reactive ketones (excluding diaryl/α,β-unsaturated/α-hetero) is 1. The Kier molecular flexibility index (Phi) is 10.0. The number of cyclic esters (lactones) is 1. The first-order valence-corrected chi connectivity index (χ1v) is 10.6. The predicted molar refractivity (Wildman–Crippen MR) is 113 cm³/mol. The molecule has 154 valence electrons. The van der Waals surface area contributed by atoms with Crippen LogP contribution in [0.4, 0.5) is 0 Å². The average Bonchev–Trinajstić information content (AvgIpc) is 2.59. The van der Waals surface area contributed by atoms with Crippen LogP contribution in [0.2, 0.25) is 0 Å². The maximum absolute atomic E-state index is 13.3. The van der Waals surface area contributed by atoms with E-state index in [0.717, 1.165) is 38.5 Å². The minimum Gasteiger partial charge on any atom is -0.465 e. The molecule has 0 saturated carbocycles. The fourth-order valence-corrected chi connectivity index (χ4v) is 3.76. The number of hydrogen-bond donors (Lipinski definition) is 0. The summed E-state index contributed by atoms with van der Waals surface area (Å²) < 4.78 is 5.34. The molecule has 0 radical (unpaired) electrons. The van der Waals surface area contributed by atoms with Crippen LogP contribution >= 0.6 is 0 Å². The predicted octanol–water partition coefficient (Wildman–Crippen LogP) is 6.42. The second kappa shape index (κ2) is 11.5. The molecule has 0 fully saturated rings. The third kappa shape index (κ3) is 9.39. The minimum absolute atomic E-state index is 0.0328. The van der Waals surface area contributed by atoms with Gasteiger partial charge >= 0.3 is 5.97 Å². The first-order chi connectivity index (χ1) is 12.6. The summed E-state index contributed by atoms with van der Waals surface area (Å²) in [5, 5.41) is 0. The highest BCUT2D eigenvalue weighted by Crippen LogP contribution is 2.33. The summed E-state index contributed by atoms with van der Waals surface area (Å²) in [5.41, 5.74) is 2.13. The summed E-state index contributed by atoms with van der Waals surface area (Å²) >= 11 is 0. The highest BCUT2D eigenvalue weighted by molar-refractivity contribution is 5.87. The second-order valence-corrected chi connectivity index (χ2v) is 9.25. The van der Waals surface area contributed by atoms with Crippen molar-refractivity contribution < 1.29 is 14.3 Å². The van der Waals surface area contributed by atoms with Crippen LogP contribution in [0, 0.1) is 17.3 Å². The molecule has 1 aliphatic rings. The van der Waals surface area contributed by atoms with Crippen LogP contribution in [0.3, 0.4) is 0 Å². The number of esters is 1. The van der Waals surface area contributed by atoms with Gasteiger partial charge in [-0.2, -0.15) is 0 Å². The lowest BCUT2D eigenvalue weighted by Gasteiger charge is -2.29. The molecule has 3 nitrogen and oxygen atoms in total. The standard InChI is InChI=1S/C24H40O3/c1-18(2)12-13-21-17-20(4)10-7-9-19(3)11-8-16-27-22(25)14-15-24(5,6)23(21)26/h11-12,20-21H,7-10,13-17H2,1-6H3. The van der Waals surface area contributed by atoms with Crippen molar-refractivity contribution in [3.63, 3.8) is 0 Å². The topological polar surface area (TPSA) is 43.4 Å². The van der Waals surface area contributed by atoms with E-state index < -0.39 is 5.41 Å². The van der Waals surface area contributed by atoms with Gasteiger partial charge in [-0.15, -0.1) is 0 Å². The minimum atomic E-state index is -0.494. The van der Waals surface area contributed by atoms with Gasteiger partial charge in [0.25, 0.3) is 0 Å². The molecule has 1 rings (SSSR count). The SMILES string of the molecule is CC(C)=CCC1CC(C)CCCC(C)=CCCOC(=O)CCC(C)(C)C1=O. The van der Waals surface area contributed by atoms with Crippen LogP contribution in [-0.4, -0.2) is 18.4 Å². The van der Waals surface area contributed by atoms with Gasteiger partial charge in [-0.25, -0.2) is 0 Å². The highest BCUT2D eigenvalue weighted by atomic mass is 16.5. The Morgan fingerprint density at radius 3 is 2.63 bits per heavy atom. The fraction of sp³-hybridized carbons (Fsp3) is 0.750. The third-order valence-corrected chi connectivity index (χ3v) is 5.63. The fourth-order valence-electron chi connectivity index (χ4n) is 3.76. The zero-order valence-electron chi connectivity index (χ0n) is 18.4. The Balaban J connectivity index is 2.95. The molecular formula is C24H40O3. The smallest absolute Gasteiger partial charge is 0.305 e. The van der Waals surface area contributed by atoms with Gasteiger partial charge in [0.1, 0.15) is 5.78 Å². The summed E-state index contributed by atoms with van der Waals surface area (Å²) in [6, 6.07) is 0. The summed E-state index contributed by atoms with van der Waals surface area (Å²) in [6.45, 7) is 13.0. The van der Waals surface area contributed by atoms with E-state index >= 15 is 0 Å². The average molecular weight is 377 g/mol. The summed E-state index contributed by atoms with van der Waals surface area (Å²) in [6.07, 6.45) is 11.1. The van der Waals surface area contributed by atoms with Gasteiger partial charge in [0, 0.05) is 17.8 Å². The monoisotopic (exact) mass is 376 g/mol. The van der Waals surface area contributed by atoms with Crippen LogP contribution in [0.15, 0.2) is 23.3 Å². The van der Waals surface area contributed by atoms with E-state index in [9.17, 15) is 9.59 Å². The van der Waals surface area contributed by atoms with Crippen molar-refractivity contribution in [2.45, 2.75) is 92.9 Å². The van der Waals surface area contributed by atoms with Crippen molar-refractivity contribution in [3.8, 4) is 0 Å². The van der Waals surface area contributed by atoms with Crippen molar-refractivity contribution in [2.24, 2.45) is 17.3 Å².